The van der Waals surface area contributed by atoms with E-state index >= 15 is 0 Å². The van der Waals surface area contributed by atoms with Crippen LogP contribution in [0.15, 0.2) is 64.0 Å². The molecular weight excluding hydrogens is 571 g/mol. The van der Waals surface area contributed by atoms with E-state index in [2.05, 4.69) is 45.6 Å². The number of hydrogen-bond acceptors (Lipinski definition) is 5. The highest BCUT2D eigenvalue weighted by atomic mass is 79.9. The van der Waals surface area contributed by atoms with Crippen LogP contribution in [0, 0.1) is 0 Å². The monoisotopic (exact) mass is 592 g/mol. The summed E-state index contributed by atoms with van der Waals surface area (Å²) in [5.41, 5.74) is 3.57. The van der Waals surface area contributed by atoms with E-state index in [0.717, 1.165) is 23.2 Å². The van der Waals surface area contributed by atoms with Gasteiger partial charge in [-0.2, -0.15) is 0 Å². The maximum absolute atomic E-state index is 12.6. The molecule has 3 aromatic rings. The molecule has 35 heavy (non-hydrogen) atoms. The zero-order chi connectivity index (χ0) is 24.9. The number of nitrogens with one attached hydrogen (secondary N) is 2. The van der Waals surface area contributed by atoms with Crippen molar-refractivity contribution in [3.05, 3.63) is 90.7 Å². The van der Waals surface area contributed by atoms with E-state index < -0.39 is 0 Å². The molecular formula is C26H23BrCl2N2O3S. The van der Waals surface area contributed by atoms with Gasteiger partial charge in [-0.05, 0) is 76.0 Å². The molecule has 1 aliphatic rings. The molecule has 3 aromatic carbocycles. The Bertz CT molecular complexity index is 1270. The first-order valence-electron chi connectivity index (χ1n) is 10.8. The summed E-state index contributed by atoms with van der Waals surface area (Å²) in [6.45, 7) is 2.37. The first kappa shape index (κ1) is 25.8. The van der Waals surface area contributed by atoms with Crippen LogP contribution < -0.4 is 20.1 Å². The number of carbonyl (C=O) groups excluding carboxylic acids is 1. The standard InChI is InChI=1S/C26H23BrCl2N2O3S/c1-3-15-4-8-19(9-5-15)30-26-31-25(32)23(35-26)12-16-10-20(27)24(22(11-16)33-2)34-14-17-6-7-18(28)13-21(17)29/h4-13,26,30H,3,14H2,1-2H3,(H,31,32)/b23-12-/t26-/m0/s1. The number of aryl methyl sites for hydroxylation is 1. The van der Waals surface area contributed by atoms with Gasteiger partial charge in [0.05, 0.1) is 16.5 Å². The van der Waals surface area contributed by atoms with Crippen molar-refractivity contribution in [1.29, 1.82) is 0 Å². The summed E-state index contributed by atoms with van der Waals surface area (Å²) in [4.78, 5) is 13.2. The van der Waals surface area contributed by atoms with E-state index in [0.29, 0.717) is 30.9 Å². The number of thioether (sulfide) groups is 1. The number of carbonyl (C=O) groups is 1. The van der Waals surface area contributed by atoms with Crippen molar-refractivity contribution in [3.63, 3.8) is 0 Å². The molecule has 0 radical (unpaired) electrons. The van der Waals surface area contributed by atoms with Crippen molar-refractivity contribution in [2.75, 3.05) is 12.4 Å². The molecule has 0 spiro atoms. The van der Waals surface area contributed by atoms with Gasteiger partial charge in [0.2, 0.25) is 0 Å². The van der Waals surface area contributed by atoms with Crippen LogP contribution in [0.1, 0.15) is 23.6 Å². The normalized spacial score (nSPS) is 16.3. The summed E-state index contributed by atoms with van der Waals surface area (Å²) in [6, 6.07) is 17.2. The van der Waals surface area contributed by atoms with Gasteiger partial charge in [-0.1, -0.05) is 60.1 Å². The lowest BCUT2D eigenvalue weighted by Crippen LogP contribution is -2.30. The Labute approximate surface area is 227 Å². The summed E-state index contributed by atoms with van der Waals surface area (Å²) in [5, 5.41) is 7.39. The second-order valence-electron chi connectivity index (χ2n) is 7.73. The van der Waals surface area contributed by atoms with Crippen molar-refractivity contribution in [3.8, 4) is 11.5 Å². The molecule has 4 rings (SSSR count). The molecule has 1 aliphatic heterocycles. The van der Waals surface area contributed by atoms with E-state index in [1.54, 1.807) is 19.2 Å². The lowest BCUT2D eigenvalue weighted by atomic mass is 10.1. The third-order valence-electron chi connectivity index (χ3n) is 5.33. The van der Waals surface area contributed by atoms with Gasteiger partial charge in [0, 0.05) is 21.3 Å². The second kappa shape index (κ2) is 11.6. The molecule has 182 valence electrons. The second-order valence-corrected chi connectivity index (χ2v) is 10.6. The molecule has 1 atom stereocenters. The molecule has 1 fully saturated rings. The van der Waals surface area contributed by atoms with Crippen molar-refractivity contribution in [1.82, 2.24) is 5.32 Å². The molecule has 0 bridgehead atoms. The molecule has 5 nitrogen and oxygen atoms in total. The number of methoxy groups -OCH3 is 1. The van der Waals surface area contributed by atoms with Crippen LogP contribution in [-0.4, -0.2) is 18.5 Å². The van der Waals surface area contributed by atoms with E-state index in [9.17, 15) is 4.79 Å². The zero-order valence-electron chi connectivity index (χ0n) is 19.0. The summed E-state index contributed by atoms with van der Waals surface area (Å²) in [6.07, 6.45) is 2.81. The topological polar surface area (TPSA) is 59.6 Å². The average Bonchev–Trinajstić information content (AvgIpc) is 3.17. The van der Waals surface area contributed by atoms with E-state index in [1.165, 1.54) is 17.3 Å². The summed E-state index contributed by atoms with van der Waals surface area (Å²) >= 11 is 17.2. The third-order valence-corrected chi connectivity index (χ3v) is 7.53. The highest BCUT2D eigenvalue weighted by Gasteiger charge is 2.27. The Morgan fingerprint density at radius 2 is 1.91 bits per heavy atom. The van der Waals surface area contributed by atoms with Crippen molar-refractivity contribution < 1.29 is 14.3 Å². The van der Waals surface area contributed by atoms with Gasteiger partial charge in [0.25, 0.3) is 5.91 Å². The molecule has 1 amide bonds. The largest absolute Gasteiger partial charge is 0.493 e. The number of ether oxygens (including phenoxy) is 2. The summed E-state index contributed by atoms with van der Waals surface area (Å²) < 4.78 is 12.3. The van der Waals surface area contributed by atoms with Crippen molar-refractivity contribution >= 4 is 68.6 Å². The molecule has 0 aliphatic carbocycles. The molecule has 2 N–H and O–H groups in total. The van der Waals surface area contributed by atoms with Gasteiger partial charge in [-0.25, -0.2) is 0 Å². The number of amides is 1. The molecule has 1 heterocycles. The van der Waals surface area contributed by atoms with Crippen LogP contribution in [0.2, 0.25) is 10.0 Å². The van der Waals surface area contributed by atoms with Crippen LogP contribution in [0.3, 0.4) is 0 Å². The lowest BCUT2D eigenvalue weighted by Gasteiger charge is -2.14. The minimum Gasteiger partial charge on any atom is -0.493 e. The third kappa shape index (κ3) is 6.47. The minimum atomic E-state index is -0.252. The van der Waals surface area contributed by atoms with Gasteiger partial charge < -0.3 is 20.1 Å². The molecule has 0 unspecified atom stereocenters. The maximum atomic E-state index is 12.6. The Morgan fingerprint density at radius 1 is 1.14 bits per heavy atom. The zero-order valence-corrected chi connectivity index (χ0v) is 22.9. The van der Waals surface area contributed by atoms with E-state index in [4.69, 9.17) is 32.7 Å². The fraction of sp³-hybridized carbons (Fsp3) is 0.192. The Balaban J connectivity index is 1.47. The van der Waals surface area contributed by atoms with Gasteiger partial charge in [0.15, 0.2) is 17.0 Å². The first-order valence-corrected chi connectivity index (χ1v) is 13.3. The van der Waals surface area contributed by atoms with Gasteiger partial charge >= 0.3 is 0 Å². The van der Waals surface area contributed by atoms with Gasteiger partial charge in [0.1, 0.15) is 6.61 Å². The SMILES string of the molecule is CCc1ccc(N[C@H]2NC(=O)/C(=C/c3cc(Br)c(OCc4ccc(Cl)cc4Cl)c(OC)c3)S2)cc1. The quantitative estimate of drug-likeness (QED) is 0.265. The maximum Gasteiger partial charge on any atom is 0.260 e. The lowest BCUT2D eigenvalue weighted by molar-refractivity contribution is -0.116. The Hall–Kier alpha value is -2.32. The van der Waals surface area contributed by atoms with Crippen LogP contribution in [0.25, 0.3) is 6.08 Å². The summed E-state index contributed by atoms with van der Waals surface area (Å²) in [5.74, 6) is 0.940. The Kier molecular flexibility index (Phi) is 8.55. The fourth-order valence-electron chi connectivity index (χ4n) is 3.46. The van der Waals surface area contributed by atoms with E-state index in [1.807, 2.05) is 36.4 Å². The minimum absolute atomic E-state index is 0.134. The predicted molar refractivity (Wildman–Crippen MR) is 148 cm³/mol. The van der Waals surface area contributed by atoms with Crippen molar-refractivity contribution in [2.45, 2.75) is 25.4 Å². The smallest absolute Gasteiger partial charge is 0.260 e. The number of halogens is 3. The number of benzene rings is 3. The number of hydrogen-bond donors (Lipinski definition) is 2. The molecule has 0 aromatic heterocycles. The predicted octanol–water partition coefficient (Wildman–Crippen LogP) is 7.51. The average molecular weight is 594 g/mol. The molecule has 0 saturated carbocycles. The van der Waals surface area contributed by atoms with E-state index in [-0.39, 0.29) is 18.0 Å². The Morgan fingerprint density at radius 3 is 2.60 bits per heavy atom. The first-order chi connectivity index (χ1) is 16.9. The van der Waals surface area contributed by atoms with Gasteiger partial charge in [-0.15, -0.1) is 0 Å². The van der Waals surface area contributed by atoms with Crippen molar-refractivity contribution in [2.24, 2.45) is 0 Å². The molecule has 9 heteroatoms. The van der Waals surface area contributed by atoms with Crippen LogP contribution in [-0.2, 0) is 17.8 Å². The van der Waals surface area contributed by atoms with Crippen LogP contribution in [0.5, 0.6) is 11.5 Å². The number of anilines is 1. The highest BCUT2D eigenvalue weighted by Crippen LogP contribution is 2.39. The number of rotatable bonds is 8. The molecule has 1 saturated heterocycles. The highest BCUT2D eigenvalue weighted by molar-refractivity contribution is 9.10. The van der Waals surface area contributed by atoms with Crippen LogP contribution in [0.4, 0.5) is 5.69 Å². The summed E-state index contributed by atoms with van der Waals surface area (Å²) in [7, 11) is 1.57. The fourth-order valence-corrected chi connectivity index (χ4v) is 5.48. The van der Waals surface area contributed by atoms with Crippen LogP contribution >= 0.6 is 50.9 Å². The van der Waals surface area contributed by atoms with Gasteiger partial charge in [-0.3, -0.25) is 4.79 Å².